The van der Waals surface area contributed by atoms with Gasteiger partial charge in [-0.1, -0.05) is 13.8 Å². The van der Waals surface area contributed by atoms with E-state index in [0.717, 1.165) is 18.5 Å². The second kappa shape index (κ2) is 8.61. The number of pyridine rings is 1. The van der Waals surface area contributed by atoms with Crippen LogP contribution < -0.4 is 21.3 Å². The van der Waals surface area contributed by atoms with E-state index in [1.165, 1.54) is 4.57 Å². The van der Waals surface area contributed by atoms with Crippen LogP contribution in [0.25, 0.3) is 11.0 Å². The monoisotopic (exact) mass is 436 g/mol. The van der Waals surface area contributed by atoms with Crippen molar-refractivity contribution in [3.8, 4) is 5.75 Å². The molecule has 1 aliphatic carbocycles. The normalized spacial score (nSPS) is 13.7. The highest BCUT2D eigenvalue weighted by Crippen LogP contribution is 2.40. The Morgan fingerprint density at radius 2 is 1.88 bits per heavy atom. The molecule has 32 heavy (non-hydrogen) atoms. The molecule has 3 aromatic rings. The van der Waals surface area contributed by atoms with Gasteiger partial charge in [-0.05, 0) is 62.9 Å². The Morgan fingerprint density at radius 3 is 2.47 bits per heavy atom. The Morgan fingerprint density at radius 1 is 1.19 bits per heavy atom. The van der Waals surface area contributed by atoms with Gasteiger partial charge in [-0.25, -0.2) is 9.78 Å². The van der Waals surface area contributed by atoms with Crippen molar-refractivity contribution < 1.29 is 9.53 Å². The van der Waals surface area contributed by atoms with Crippen LogP contribution in [0.1, 0.15) is 62.5 Å². The molecule has 1 aromatic carbocycles. The molecule has 1 amide bonds. The third-order valence-electron chi connectivity index (χ3n) is 5.24. The number of carbonyl (C=O) groups excluding carboxylic acids is 1. The van der Waals surface area contributed by atoms with Gasteiger partial charge in [0.1, 0.15) is 5.75 Å². The highest BCUT2D eigenvalue weighted by molar-refractivity contribution is 6.11. The summed E-state index contributed by atoms with van der Waals surface area (Å²) in [5, 5.41) is 2.99. The number of nitrogens with zero attached hydrogens (tertiary/aromatic N) is 2. The van der Waals surface area contributed by atoms with Gasteiger partial charge >= 0.3 is 5.69 Å². The fourth-order valence-corrected chi connectivity index (χ4v) is 3.68. The Kier molecular flexibility index (Phi) is 5.86. The molecule has 0 radical (unpaired) electrons. The molecule has 0 saturated heterocycles. The first kappa shape index (κ1) is 21.8. The van der Waals surface area contributed by atoms with Crippen LogP contribution in [0.3, 0.4) is 0 Å². The summed E-state index contributed by atoms with van der Waals surface area (Å²) in [7, 11) is 0. The number of rotatable bonds is 7. The molecule has 0 aliphatic heterocycles. The minimum Gasteiger partial charge on any atom is -0.491 e. The molecule has 0 bridgehead atoms. The molecule has 8 nitrogen and oxygen atoms in total. The lowest BCUT2D eigenvalue weighted by atomic mass is 10.1. The van der Waals surface area contributed by atoms with Gasteiger partial charge in [-0.15, -0.1) is 0 Å². The van der Waals surface area contributed by atoms with E-state index >= 15 is 0 Å². The second-order valence-electron chi connectivity index (χ2n) is 8.98. The SMILES string of the molecule is CC(C)Cn1c(=O)[nH]c(=O)c2c(C(=O)Nc3ccc(OC(C)C)cc3)cc(C3CC3)nc21. The highest BCUT2D eigenvalue weighted by Gasteiger charge is 2.29. The molecule has 0 spiro atoms. The minimum absolute atomic E-state index is 0.0506. The number of hydrogen-bond acceptors (Lipinski definition) is 5. The van der Waals surface area contributed by atoms with Crippen molar-refractivity contribution >= 4 is 22.6 Å². The van der Waals surface area contributed by atoms with Crippen LogP contribution in [0.5, 0.6) is 5.75 Å². The lowest BCUT2D eigenvalue weighted by Crippen LogP contribution is -2.33. The third-order valence-corrected chi connectivity index (χ3v) is 5.24. The van der Waals surface area contributed by atoms with Crippen molar-refractivity contribution in [1.29, 1.82) is 0 Å². The van der Waals surface area contributed by atoms with Gasteiger partial charge in [0.2, 0.25) is 0 Å². The topological polar surface area (TPSA) is 106 Å². The Labute approximate surface area is 185 Å². The molecule has 168 valence electrons. The van der Waals surface area contributed by atoms with E-state index in [9.17, 15) is 14.4 Å². The van der Waals surface area contributed by atoms with Crippen molar-refractivity contribution in [3.63, 3.8) is 0 Å². The number of H-pyrrole nitrogens is 1. The summed E-state index contributed by atoms with van der Waals surface area (Å²) in [6.45, 7) is 8.24. The van der Waals surface area contributed by atoms with E-state index in [-0.39, 0.29) is 34.5 Å². The van der Waals surface area contributed by atoms with Gasteiger partial charge in [0.25, 0.3) is 11.5 Å². The second-order valence-corrected chi connectivity index (χ2v) is 8.98. The zero-order valence-corrected chi connectivity index (χ0v) is 18.8. The van der Waals surface area contributed by atoms with Crippen molar-refractivity contribution in [1.82, 2.24) is 14.5 Å². The number of fused-ring (bicyclic) bond motifs is 1. The summed E-state index contributed by atoms with van der Waals surface area (Å²) in [5.74, 6) is 0.701. The van der Waals surface area contributed by atoms with Crippen LogP contribution in [0.15, 0.2) is 39.9 Å². The Balaban J connectivity index is 1.78. The lowest BCUT2D eigenvalue weighted by molar-refractivity contribution is 0.102. The number of aromatic amines is 1. The first-order chi connectivity index (χ1) is 15.2. The van der Waals surface area contributed by atoms with E-state index in [1.807, 2.05) is 27.7 Å². The van der Waals surface area contributed by atoms with Crippen molar-refractivity contribution in [3.05, 3.63) is 62.4 Å². The van der Waals surface area contributed by atoms with Crippen LogP contribution in [0.4, 0.5) is 5.69 Å². The van der Waals surface area contributed by atoms with Crippen LogP contribution in [0, 0.1) is 5.92 Å². The number of amides is 1. The summed E-state index contributed by atoms with van der Waals surface area (Å²) >= 11 is 0. The number of anilines is 1. The summed E-state index contributed by atoms with van der Waals surface area (Å²) in [6, 6.07) is 8.75. The molecule has 8 heteroatoms. The molecule has 2 heterocycles. The predicted octanol–water partition coefficient (Wildman–Crippen LogP) is 3.66. The van der Waals surface area contributed by atoms with Gasteiger partial charge in [0.15, 0.2) is 5.65 Å². The molecule has 2 N–H and O–H groups in total. The van der Waals surface area contributed by atoms with Crippen LogP contribution >= 0.6 is 0 Å². The maximum Gasteiger partial charge on any atom is 0.330 e. The Hall–Kier alpha value is -3.42. The average Bonchev–Trinajstić information content (AvgIpc) is 3.56. The number of carbonyl (C=O) groups is 1. The van der Waals surface area contributed by atoms with E-state index in [2.05, 4.69) is 15.3 Å². The van der Waals surface area contributed by atoms with Gasteiger partial charge in [0, 0.05) is 23.8 Å². The third kappa shape index (κ3) is 4.59. The minimum atomic E-state index is -0.606. The van der Waals surface area contributed by atoms with Gasteiger partial charge in [0.05, 0.1) is 17.1 Å². The van der Waals surface area contributed by atoms with Crippen molar-refractivity contribution in [2.45, 2.75) is 59.1 Å². The number of ether oxygens (including phenoxy) is 1. The van der Waals surface area contributed by atoms with Gasteiger partial charge < -0.3 is 10.1 Å². The number of nitrogens with one attached hydrogen (secondary N) is 2. The maximum atomic E-state index is 13.2. The standard InChI is InChI=1S/C24H28N4O4/c1-13(2)12-28-21-20(23(30)27-24(28)31)18(11-19(26-21)15-5-6-15)22(29)25-16-7-9-17(10-8-16)32-14(3)4/h7-11,13-15H,5-6,12H2,1-4H3,(H,25,29)(H,27,30,31). The molecule has 0 atom stereocenters. The summed E-state index contributed by atoms with van der Waals surface area (Å²) in [6.07, 6.45) is 2.01. The molecule has 1 aliphatic rings. The van der Waals surface area contributed by atoms with E-state index in [0.29, 0.717) is 18.0 Å². The largest absolute Gasteiger partial charge is 0.491 e. The van der Waals surface area contributed by atoms with E-state index in [4.69, 9.17) is 4.74 Å². The number of hydrogen-bond donors (Lipinski definition) is 2. The number of benzene rings is 1. The lowest BCUT2D eigenvalue weighted by Gasteiger charge is -2.15. The zero-order valence-electron chi connectivity index (χ0n) is 18.8. The highest BCUT2D eigenvalue weighted by atomic mass is 16.5. The molecular formula is C24H28N4O4. The van der Waals surface area contributed by atoms with E-state index in [1.54, 1.807) is 30.3 Å². The fraction of sp³-hybridized carbons (Fsp3) is 0.417. The van der Waals surface area contributed by atoms with Gasteiger partial charge in [-0.2, -0.15) is 0 Å². The maximum absolute atomic E-state index is 13.2. The average molecular weight is 437 g/mol. The summed E-state index contributed by atoms with van der Waals surface area (Å²) in [5.41, 5.74) is 0.692. The first-order valence-corrected chi connectivity index (χ1v) is 11.0. The fourth-order valence-electron chi connectivity index (χ4n) is 3.68. The molecule has 1 fully saturated rings. The van der Waals surface area contributed by atoms with Crippen LogP contribution in [0.2, 0.25) is 0 Å². The molecule has 4 rings (SSSR count). The molecule has 0 unspecified atom stereocenters. The van der Waals surface area contributed by atoms with Crippen molar-refractivity contribution in [2.75, 3.05) is 5.32 Å². The van der Waals surface area contributed by atoms with Gasteiger partial charge in [-0.3, -0.25) is 19.1 Å². The Bertz CT molecular complexity index is 1270. The van der Waals surface area contributed by atoms with E-state index < -0.39 is 17.2 Å². The summed E-state index contributed by atoms with van der Waals surface area (Å²) in [4.78, 5) is 45.5. The first-order valence-electron chi connectivity index (χ1n) is 11.0. The molecular weight excluding hydrogens is 408 g/mol. The van der Waals surface area contributed by atoms with Crippen molar-refractivity contribution in [2.24, 2.45) is 5.92 Å². The quantitative estimate of drug-likeness (QED) is 0.588. The molecule has 1 saturated carbocycles. The zero-order chi connectivity index (χ0) is 23.0. The summed E-state index contributed by atoms with van der Waals surface area (Å²) < 4.78 is 7.10. The van der Waals surface area contributed by atoms with Crippen LogP contribution in [-0.2, 0) is 6.54 Å². The van der Waals surface area contributed by atoms with Crippen LogP contribution in [-0.4, -0.2) is 26.5 Å². The molecule has 2 aromatic heterocycles. The predicted molar refractivity (Wildman–Crippen MR) is 124 cm³/mol. The smallest absolute Gasteiger partial charge is 0.330 e. The number of aromatic nitrogens is 3.